The molecule has 78 valence electrons. The van der Waals surface area contributed by atoms with Crippen LogP contribution in [0.2, 0.25) is 0 Å². The second-order valence-corrected chi connectivity index (χ2v) is 10.3. The molecule has 1 aliphatic rings. The molecule has 0 N–H and O–H groups in total. The molecule has 1 rings (SSSR count). The molecule has 0 saturated heterocycles. The van der Waals surface area contributed by atoms with Crippen LogP contribution in [-0.4, -0.2) is 16.5 Å². The molecule has 0 heterocycles. The highest BCUT2D eigenvalue weighted by Gasteiger charge is 2.38. The normalized spacial score (nSPS) is 19.6. The van der Waals surface area contributed by atoms with Gasteiger partial charge < -0.3 is 0 Å². The second-order valence-electron chi connectivity index (χ2n) is 6.40. The minimum atomic E-state index is 0.180. The zero-order chi connectivity index (χ0) is 10.3. The van der Waals surface area contributed by atoms with Crippen molar-refractivity contribution >= 4 is 7.92 Å². The zero-order valence-electron chi connectivity index (χ0n) is 10.1. The predicted octanol–water partition coefficient (Wildman–Crippen LogP) is 4.48. The van der Waals surface area contributed by atoms with Crippen molar-refractivity contribution in [1.29, 1.82) is 0 Å². The van der Waals surface area contributed by atoms with Crippen LogP contribution in [0.3, 0.4) is 0 Å². The molecular formula is C12H25P. The van der Waals surface area contributed by atoms with E-state index in [1.54, 1.807) is 0 Å². The molecule has 0 aromatic rings. The van der Waals surface area contributed by atoms with Crippen molar-refractivity contribution in [3.05, 3.63) is 0 Å². The van der Waals surface area contributed by atoms with Crippen molar-refractivity contribution in [1.82, 2.24) is 0 Å². The Labute approximate surface area is 85.2 Å². The molecule has 0 aliphatic heterocycles. The Morgan fingerprint density at radius 2 is 1.31 bits per heavy atom. The third-order valence-electron chi connectivity index (χ3n) is 2.76. The summed E-state index contributed by atoms with van der Waals surface area (Å²) >= 11 is 0. The third kappa shape index (κ3) is 3.58. The molecule has 1 aliphatic carbocycles. The Bertz CT molecular complexity index is 153. The third-order valence-corrected chi connectivity index (χ3v) is 6.88. The maximum Gasteiger partial charge on any atom is -0.0175 e. The first-order chi connectivity index (χ1) is 5.71. The van der Waals surface area contributed by atoms with E-state index in [2.05, 4.69) is 41.5 Å². The van der Waals surface area contributed by atoms with E-state index >= 15 is 0 Å². The molecule has 1 fully saturated rings. The van der Waals surface area contributed by atoms with Crippen LogP contribution < -0.4 is 0 Å². The zero-order valence-corrected chi connectivity index (χ0v) is 11.0. The molecule has 13 heavy (non-hydrogen) atoms. The van der Waals surface area contributed by atoms with Gasteiger partial charge in [-0.25, -0.2) is 0 Å². The van der Waals surface area contributed by atoms with E-state index in [-0.39, 0.29) is 7.92 Å². The summed E-state index contributed by atoms with van der Waals surface area (Å²) in [5, 5.41) is 1.08. The van der Waals surface area contributed by atoms with Gasteiger partial charge >= 0.3 is 0 Å². The fourth-order valence-electron chi connectivity index (χ4n) is 2.11. The van der Waals surface area contributed by atoms with Crippen LogP contribution in [-0.2, 0) is 0 Å². The first kappa shape index (κ1) is 11.5. The minimum Gasteiger partial charge on any atom is -0.0954 e. The summed E-state index contributed by atoms with van der Waals surface area (Å²) in [5.74, 6) is 1.09. The van der Waals surface area contributed by atoms with Crippen LogP contribution in [0.1, 0.15) is 54.4 Å². The molecule has 0 unspecified atom stereocenters. The van der Waals surface area contributed by atoms with Crippen LogP contribution in [0.5, 0.6) is 0 Å². The van der Waals surface area contributed by atoms with E-state index < -0.39 is 0 Å². The molecule has 0 aromatic heterocycles. The first-order valence-corrected chi connectivity index (χ1v) is 7.02. The highest BCUT2D eigenvalue weighted by Crippen LogP contribution is 2.62. The summed E-state index contributed by atoms with van der Waals surface area (Å²) in [4.78, 5) is 0. The van der Waals surface area contributed by atoms with Gasteiger partial charge in [-0.15, -0.1) is 0 Å². The van der Waals surface area contributed by atoms with Gasteiger partial charge in [-0.3, -0.25) is 0 Å². The van der Waals surface area contributed by atoms with E-state index in [4.69, 9.17) is 0 Å². The monoisotopic (exact) mass is 200 g/mol. The molecule has 0 radical (unpaired) electrons. The molecule has 0 spiro atoms. The molecule has 0 aromatic carbocycles. The van der Waals surface area contributed by atoms with Gasteiger partial charge in [0, 0.05) is 0 Å². The van der Waals surface area contributed by atoms with Gasteiger partial charge in [0.05, 0.1) is 0 Å². The van der Waals surface area contributed by atoms with E-state index in [1.807, 2.05) is 0 Å². The maximum atomic E-state index is 2.42. The van der Waals surface area contributed by atoms with Gasteiger partial charge in [0.2, 0.25) is 0 Å². The summed E-state index contributed by atoms with van der Waals surface area (Å²) < 4.78 is 0. The summed E-state index contributed by atoms with van der Waals surface area (Å²) in [6.45, 7) is 14.5. The Morgan fingerprint density at radius 1 is 0.923 bits per heavy atom. The summed E-state index contributed by atoms with van der Waals surface area (Å²) in [6.07, 6.45) is 4.53. The summed E-state index contributed by atoms with van der Waals surface area (Å²) in [7, 11) is 0.180. The van der Waals surface area contributed by atoms with Crippen molar-refractivity contribution < 1.29 is 0 Å². The van der Waals surface area contributed by atoms with Gasteiger partial charge in [0.15, 0.2) is 0 Å². The minimum absolute atomic E-state index is 0.180. The van der Waals surface area contributed by atoms with E-state index in [0.717, 1.165) is 5.92 Å². The second kappa shape index (κ2) is 3.54. The van der Waals surface area contributed by atoms with Gasteiger partial charge in [0.1, 0.15) is 0 Å². The molecule has 1 saturated carbocycles. The van der Waals surface area contributed by atoms with Crippen LogP contribution in [0.4, 0.5) is 0 Å². The van der Waals surface area contributed by atoms with Crippen molar-refractivity contribution in [2.45, 2.75) is 64.7 Å². The van der Waals surface area contributed by atoms with Gasteiger partial charge in [-0.2, -0.15) is 0 Å². The average molecular weight is 200 g/mol. The quantitative estimate of drug-likeness (QED) is 0.577. The van der Waals surface area contributed by atoms with Crippen LogP contribution in [0.25, 0.3) is 0 Å². The van der Waals surface area contributed by atoms with E-state index in [1.165, 1.54) is 19.0 Å². The van der Waals surface area contributed by atoms with Crippen LogP contribution >= 0.6 is 7.92 Å². The van der Waals surface area contributed by atoms with Crippen LogP contribution in [0, 0.1) is 5.92 Å². The number of hydrogen-bond donors (Lipinski definition) is 0. The number of hydrogen-bond acceptors (Lipinski definition) is 0. The smallest absolute Gasteiger partial charge is 0.0175 e. The molecule has 0 bridgehead atoms. The Hall–Kier alpha value is 0.430. The van der Waals surface area contributed by atoms with Gasteiger partial charge in [-0.1, -0.05) is 49.5 Å². The largest absolute Gasteiger partial charge is 0.0954 e. The Balaban J connectivity index is 2.63. The standard InChI is InChI=1S/C12H25P/c1-11(2,3)13(12(4,5)6)9-10-7-8-10/h10H,7-9H2,1-6H3. The Kier molecular flexibility index (Phi) is 3.13. The highest BCUT2D eigenvalue weighted by molar-refractivity contribution is 7.60. The van der Waals surface area contributed by atoms with Crippen molar-refractivity contribution in [3.8, 4) is 0 Å². The fraction of sp³-hybridized carbons (Fsp3) is 1.00. The van der Waals surface area contributed by atoms with Crippen molar-refractivity contribution in [2.24, 2.45) is 5.92 Å². The van der Waals surface area contributed by atoms with Crippen molar-refractivity contribution in [3.63, 3.8) is 0 Å². The summed E-state index contributed by atoms with van der Waals surface area (Å²) in [5.41, 5.74) is 0. The van der Waals surface area contributed by atoms with E-state index in [0.29, 0.717) is 10.3 Å². The molecule has 1 heteroatoms. The lowest BCUT2D eigenvalue weighted by atomic mass is 10.2. The molecule has 0 amide bonds. The molecule has 0 nitrogen and oxygen atoms in total. The van der Waals surface area contributed by atoms with Crippen LogP contribution in [0.15, 0.2) is 0 Å². The van der Waals surface area contributed by atoms with Crippen molar-refractivity contribution in [2.75, 3.05) is 6.16 Å². The lowest BCUT2D eigenvalue weighted by Gasteiger charge is -2.41. The highest BCUT2D eigenvalue weighted by atomic mass is 31.1. The first-order valence-electron chi connectivity index (χ1n) is 5.49. The predicted molar refractivity (Wildman–Crippen MR) is 64.0 cm³/mol. The Morgan fingerprint density at radius 3 is 1.54 bits per heavy atom. The van der Waals surface area contributed by atoms with Gasteiger partial charge in [0.25, 0.3) is 0 Å². The topological polar surface area (TPSA) is 0 Å². The molecule has 0 atom stereocenters. The van der Waals surface area contributed by atoms with Gasteiger partial charge in [-0.05, 0) is 35.2 Å². The molecular weight excluding hydrogens is 175 g/mol. The maximum absolute atomic E-state index is 2.42. The van der Waals surface area contributed by atoms with E-state index in [9.17, 15) is 0 Å². The SMILES string of the molecule is CC(C)(C)P(CC1CC1)C(C)(C)C. The average Bonchev–Trinajstić information content (AvgIpc) is 2.58. The summed E-state index contributed by atoms with van der Waals surface area (Å²) in [6, 6.07) is 0. The lowest BCUT2D eigenvalue weighted by molar-refractivity contribution is 0.696. The number of rotatable bonds is 2. The fourth-order valence-corrected chi connectivity index (χ4v) is 6.10. The lowest BCUT2D eigenvalue weighted by Crippen LogP contribution is -2.27.